The maximum absolute atomic E-state index is 10.9. The second-order valence-corrected chi connectivity index (χ2v) is 2.75. The van der Waals surface area contributed by atoms with Crippen LogP contribution in [0.3, 0.4) is 0 Å². The SMILES string of the molecule is N#C[C@@H](N)C[C@@H]1CCNC1=O. The number of nitrogens with zero attached hydrogens (tertiary/aromatic N) is 1. The molecule has 0 aliphatic carbocycles. The van der Waals surface area contributed by atoms with Gasteiger partial charge in [-0.3, -0.25) is 4.79 Å². The highest BCUT2D eigenvalue weighted by Crippen LogP contribution is 2.14. The summed E-state index contributed by atoms with van der Waals surface area (Å²) in [6, 6.07) is 1.41. The number of hydrogen-bond acceptors (Lipinski definition) is 3. The first-order valence-electron chi connectivity index (χ1n) is 3.67. The van der Waals surface area contributed by atoms with Gasteiger partial charge < -0.3 is 11.1 Å². The van der Waals surface area contributed by atoms with E-state index in [0.29, 0.717) is 6.42 Å². The molecule has 0 radical (unpaired) electrons. The Balaban J connectivity index is 2.38. The van der Waals surface area contributed by atoms with E-state index in [0.717, 1.165) is 13.0 Å². The molecule has 11 heavy (non-hydrogen) atoms. The zero-order valence-electron chi connectivity index (χ0n) is 6.21. The lowest BCUT2D eigenvalue weighted by Crippen LogP contribution is -2.26. The molecule has 1 aliphatic rings. The smallest absolute Gasteiger partial charge is 0.223 e. The summed E-state index contributed by atoms with van der Waals surface area (Å²) in [5.41, 5.74) is 5.37. The third kappa shape index (κ3) is 1.92. The molecule has 1 heterocycles. The number of carbonyl (C=O) groups is 1. The molecule has 0 aromatic carbocycles. The van der Waals surface area contributed by atoms with Crippen molar-refractivity contribution in [3.63, 3.8) is 0 Å². The molecule has 1 rings (SSSR count). The first-order valence-corrected chi connectivity index (χ1v) is 3.67. The van der Waals surface area contributed by atoms with Crippen molar-refractivity contribution >= 4 is 5.91 Å². The number of nitriles is 1. The predicted molar refractivity (Wildman–Crippen MR) is 39.3 cm³/mol. The van der Waals surface area contributed by atoms with Gasteiger partial charge in [0.2, 0.25) is 5.91 Å². The van der Waals surface area contributed by atoms with Crippen molar-refractivity contribution in [3.05, 3.63) is 0 Å². The minimum absolute atomic E-state index is 0.0374. The van der Waals surface area contributed by atoms with Gasteiger partial charge in [0, 0.05) is 12.5 Å². The summed E-state index contributed by atoms with van der Waals surface area (Å²) in [6.07, 6.45) is 1.30. The molecule has 0 spiro atoms. The molecule has 0 aromatic heterocycles. The lowest BCUT2D eigenvalue weighted by molar-refractivity contribution is -0.122. The number of amides is 1. The monoisotopic (exact) mass is 153 g/mol. The van der Waals surface area contributed by atoms with Crippen molar-refractivity contribution in [2.45, 2.75) is 18.9 Å². The van der Waals surface area contributed by atoms with Crippen molar-refractivity contribution in [3.8, 4) is 6.07 Å². The summed E-state index contributed by atoms with van der Waals surface area (Å²) in [6.45, 7) is 0.724. The first-order chi connectivity index (χ1) is 5.24. The average Bonchev–Trinajstić information content (AvgIpc) is 2.37. The van der Waals surface area contributed by atoms with E-state index >= 15 is 0 Å². The maximum atomic E-state index is 10.9. The molecule has 0 unspecified atom stereocenters. The van der Waals surface area contributed by atoms with E-state index in [4.69, 9.17) is 11.0 Å². The molecule has 0 aromatic rings. The molecule has 4 nitrogen and oxygen atoms in total. The Morgan fingerprint density at radius 1 is 1.91 bits per heavy atom. The minimum Gasteiger partial charge on any atom is -0.356 e. The Bertz CT molecular complexity index is 196. The van der Waals surface area contributed by atoms with Gasteiger partial charge in [-0.1, -0.05) is 0 Å². The summed E-state index contributed by atoms with van der Waals surface area (Å²) in [7, 11) is 0. The zero-order chi connectivity index (χ0) is 8.27. The van der Waals surface area contributed by atoms with E-state index < -0.39 is 6.04 Å². The van der Waals surface area contributed by atoms with Crippen LogP contribution in [0, 0.1) is 17.2 Å². The fourth-order valence-corrected chi connectivity index (χ4v) is 1.23. The number of nitrogens with one attached hydrogen (secondary N) is 1. The van der Waals surface area contributed by atoms with Crippen molar-refractivity contribution in [2.24, 2.45) is 11.7 Å². The molecule has 1 amide bonds. The molecular weight excluding hydrogens is 142 g/mol. The standard InChI is InChI=1S/C7H11N3O/c8-4-6(9)3-5-1-2-10-7(5)11/h5-6H,1-3,9H2,(H,10,11)/t5-,6-/m0/s1. The van der Waals surface area contributed by atoms with Gasteiger partial charge in [0.1, 0.15) is 0 Å². The topological polar surface area (TPSA) is 78.9 Å². The lowest BCUT2D eigenvalue weighted by atomic mass is 10.00. The van der Waals surface area contributed by atoms with Gasteiger partial charge in [0.05, 0.1) is 12.1 Å². The summed E-state index contributed by atoms with van der Waals surface area (Å²) < 4.78 is 0. The number of nitrogens with two attached hydrogens (primary N) is 1. The summed E-state index contributed by atoms with van der Waals surface area (Å²) in [4.78, 5) is 10.9. The van der Waals surface area contributed by atoms with Gasteiger partial charge in [-0.2, -0.15) is 5.26 Å². The van der Waals surface area contributed by atoms with Gasteiger partial charge in [0.25, 0.3) is 0 Å². The summed E-state index contributed by atoms with van der Waals surface area (Å²) in [5.74, 6) is 0.000324. The highest BCUT2D eigenvalue weighted by Gasteiger charge is 2.25. The van der Waals surface area contributed by atoms with E-state index in [9.17, 15) is 4.79 Å². The van der Waals surface area contributed by atoms with Crippen LogP contribution in [0.25, 0.3) is 0 Å². The fourth-order valence-electron chi connectivity index (χ4n) is 1.23. The van der Waals surface area contributed by atoms with Crippen molar-refractivity contribution in [2.75, 3.05) is 6.54 Å². The molecule has 1 saturated heterocycles. The van der Waals surface area contributed by atoms with Gasteiger partial charge in [-0.15, -0.1) is 0 Å². The molecular formula is C7H11N3O. The fraction of sp³-hybridized carbons (Fsp3) is 0.714. The van der Waals surface area contributed by atoms with Crippen molar-refractivity contribution in [1.82, 2.24) is 5.32 Å². The Morgan fingerprint density at radius 2 is 2.64 bits per heavy atom. The van der Waals surface area contributed by atoms with Crippen molar-refractivity contribution in [1.29, 1.82) is 5.26 Å². The van der Waals surface area contributed by atoms with Gasteiger partial charge in [0.15, 0.2) is 0 Å². The summed E-state index contributed by atoms with van der Waals surface area (Å²) >= 11 is 0. The second kappa shape index (κ2) is 3.35. The molecule has 2 atom stereocenters. The molecule has 0 saturated carbocycles. The summed E-state index contributed by atoms with van der Waals surface area (Å²) in [5, 5.41) is 11.1. The Hall–Kier alpha value is -1.08. The largest absolute Gasteiger partial charge is 0.356 e. The van der Waals surface area contributed by atoms with Gasteiger partial charge >= 0.3 is 0 Å². The minimum atomic E-state index is -0.496. The van der Waals surface area contributed by atoms with Crippen LogP contribution in [0.15, 0.2) is 0 Å². The molecule has 0 bridgehead atoms. The average molecular weight is 153 g/mol. The van der Waals surface area contributed by atoms with Crippen molar-refractivity contribution < 1.29 is 4.79 Å². The van der Waals surface area contributed by atoms with Crippen LogP contribution < -0.4 is 11.1 Å². The predicted octanol–water partition coefficient (Wildman–Crippen LogP) is -0.637. The Kier molecular flexibility index (Phi) is 2.44. The number of hydrogen-bond donors (Lipinski definition) is 2. The lowest BCUT2D eigenvalue weighted by Gasteiger charge is -2.06. The van der Waals surface area contributed by atoms with Crippen LogP contribution in [-0.4, -0.2) is 18.5 Å². The van der Waals surface area contributed by atoms with E-state index in [1.165, 1.54) is 0 Å². The van der Waals surface area contributed by atoms with E-state index in [1.807, 2.05) is 6.07 Å². The molecule has 60 valence electrons. The maximum Gasteiger partial charge on any atom is 0.223 e. The third-order valence-electron chi connectivity index (χ3n) is 1.87. The van der Waals surface area contributed by atoms with E-state index in [-0.39, 0.29) is 11.8 Å². The third-order valence-corrected chi connectivity index (χ3v) is 1.87. The molecule has 4 heteroatoms. The quantitative estimate of drug-likeness (QED) is 0.554. The van der Waals surface area contributed by atoms with Gasteiger partial charge in [-0.25, -0.2) is 0 Å². The molecule has 1 fully saturated rings. The van der Waals surface area contributed by atoms with Crippen LogP contribution >= 0.6 is 0 Å². The Morgan fingerprint density at radius 3 is 3.09 bits per heavy atom. The van der Waals surface area contributed by atoms with Crippen LogP contribution in [-0.2, 0) is 4.79 Å². The molecule has 1 aliphatic heterocycles. The highest BCUT2D eigenvalue weighted by atomic mass is 16.2. The number of rotatable bonds is 2. The van der Waals surface area contributed by atoms with Crippen LogP contribution in [0.2, 0.25) is 0 Å². The van der Waals surface area contributed by atoms with E-state index in [1.54, 1.807) is 0 Å². The van der Waals surface area contributed by atoms with Crippen LogP contribution in [0.4, 0.5) is 0 Å². The highest BCUT2D eigenvalue weighted by molar-refractivity contribution is 5.80. The van der Waals surface area contributed by atoms with E-state index in [2.05, 4.69) is 5.32 Å². The number of carbonyl (C=O) groups excluding carboxylic acids is 1. The normalized spacial score (nSPS) is 25.8. The first kappa shape index (κ1) is 8.02. The Labute approximate surface area is 65.4 Å². The van der Waals surface area contributed by atoms with Crippen LogP contribution in [0.5, 0.6) is 0 Å². The van der Waals surface area contributed by atoms with Gasteiger partial charge in [-0.05, 0) is 12.8 Å². The zero-order valence-corrected chi connectivity index (χ0v) is 6.21. The molecule has 3 N–H and O–H groups in total. The second-order valence-electron chi connectivity index (χ2n) is 2.75. The van der Waals surface area contributed by atoms with Crippen LogP contribution in [0.1, 0.15) is 12.8 Å².